The Hall–Kier alpha value is -2.20. The fourth-order valence-electron chi connectivity index (χ4n) is 2.01. The molecule has 0 aliphatic carbocycles. The number of ether oxygens (including phenoxy) is 1. The first-order valence-electron chi connectivity index (χ1n) is 7.07. The van der Waals surface area contributed by atoms with Crippen LogP contribution in [0.5, 0.6) is 5.75 Å². The van der Waals surface area contributed by atoms with Crippen molar-refractivity contribution in [1.29, 1.82) is 0 Å². The summed E-state index contributed by atoms with van der Waals surface area (Å²) in [6.45, 7) is 1.03. The molecule has 22 heavy (non-hydrogen) atoms. The molecule has 2 amide bonds. The van der Waals surface area contributed by atoms with Gasteiger partial charge in [-0.15, -0.1) is 0 Å². The van der Waals surface area contributed by atoms with E-state index in [0.29, 0.717) is 24.5 Å². The zero-order chi connectivity index (χ0) is 15.8. The topological polar surface area (TPSA) is 50.4 Å². The summed E-state index contributed by atoms with van der Waals surface area (Å²) in [6, 6.07) is 15.1. The molecule has 2 N–H and O–H groups in total. The van der Waals surface area contributed by atoms with Gasteiger partial charge in [-0.25, -0.2) is 4.79 Å². The van der Waals surface area contributed by atoms with E-state index in [1.165, 1.54) is 0 Å². The average Bonchev–Trinajstić information content (AvgIpc) is 2.55. The summed E-state index contributed by atoms with van der Waals surface area (Å²) in [5, 5.41) is 6.28. The maximum atomic E-state index is 11.7. The molecule has 2 aromatic carbocycles. The van der Waals surface area contributed by atoms with Crippen molar-refractivity contribution in [1.82, 2.24) is 10.6 Å². The normalized spacial score (nSPS) is 10.1. The Bertz CT molecular complexity index is 617. The predicted molar refractivity (Wildman–Crippen MR) is 88.4 cm³/mol. The van der Waals surface area contributed by atoms with E-state index in [1.54, 1.807) is 13.2 Å². The lowest BCUT2D eigenvalue weighted by atomic mass is 10.1. The number of nitrogens with one attached hydrogen (secondary N) is 2. The Morgan fingerprint density at radius 1 is 1.14 bits per heavy atom. The molecule has 0 unspecified atom stereocenters. The highest BCUT2D eigenvalue weighted by atomic mass is 35.5. The molecule has 0 aliphatic heterocycles. The van der Waals surface area contributed by atoms with Gasteiger partial charge in [0.25, 0.3) is 0 Å². The summed E-state index contributed by atoms with van der Waals surface area (Å²) >= 11 is 6.16. The third kappa shape index (κ3) is 4.97. The van der Waals surface area contributed by atoms with Gasteiger partial charge in [-0.05, 0) is 29.7 Å². The summed E-state index contributed by atoms with van der Waals surface area (Å²) in [5.41, 5.74) is 2.04. The smallest absolute Gasteiger partial charge is 0.315 e. The molecular weight excluding hydrogens is 300 g/mol. The number of hydrogen-bond acceptors (Lipinski definition) is 2. The molecule has 0 heterocycles. The number of hydrogen-bond donors (Lipinski definition) is 2. The van der Waals surface area contributed by atoms with Crippen LogP contribution in [0.1, 0.15) is 11.1 Å². The molecule has 0 spiro atoms. The van der Waals surface area contributed by atoms with Gasteiger partial charge >= 0.3 is 6.03 Å². The Morgan fingerprint density at radius 3 is 2.59 bits per heavy atom. The van der Waals surface area contributed by atoms with E-state index in [1.807, 2.05) is 42.5 Å². The van der Waals surface area contributed by atoms with Crippen molar-refractivity contribution in [2.75, 3.05) is 13.7 Å². The third-order valence-corrected chi connectivity index (χ3v) is 3.59. The number of urea groups is 1. The number of carbonyl (C=O) groups is 1. The molecular formula is C17H19ClN2O2. The lowest BCUT2D eigenvalue weighted by molar-refractivity contribution is 0.240. The maximum Gasteiger partial charge on any atom is 0.315 e. The van der Waals surface area contributed by atoms with Crippen LogP contribution in [0.3, 0.4) is 0 Å². The number of carbonyl (C=O) groups excluding carboxylic acids is 1. The first-order chi connectivity index (χ1) is 10.7. The van der Waals surface area contributed by atoms with E-state index < -0.39 is 0 Å². The summed E-state index contributed by atoms with van der Waals surface area (Å²) in [7, 11) is 1.60. The minimum atomic E-state index is -0.187. The summed E-state index contributed by atoms with van der Waals surface area (Å²) in [5.74, 6) is 0.724. The van der Waals surface area contributed by atoms with Gasteiger partial charge in [0.1, 0.15) is 5.75 Å². The molecule has 0 radical (unpaired) electrons. The molecule has 116 valence electrons. The van der Waals surface area contributed by atoms with Crippen LogP contribution in [0, 0.1) is 0 Å². The predicted octanol–water partition coefficient (Wildman–Crippen LogP) is 3.39. The number of methoxy groups -OCH3 is 1. The largest absolute Gasteiger partial charge is 0.497 e. The molecule has 0 aromatic heterocycles. The van der Waals surface area contributed by atoms with Crippen LogP contribution in [0.2, 0.25) is 5.02 Å². The van der Waals surface area contributed by atoms with Crippen molar-refractivity contribution in [2.45, 2.75) is 13.0 Å². The highest BCUT2D eigenvalue weighted by molar-refractivity contribution is 6.31. The summed E-state index contributed by atoms with van der Waals surface area (Å²) in [6.07, 6.45) is 0.668. The highest BCUT2D eigenvalue weighted by Gasteiger charge is 2.04. The van der Waals surface area contributed by atoms with Gasteiger partial charge in [-0.1, -0.05) is 48.0 Å². The molecule has 0 atom stereocenters. The van der Waals surface area contributed by atoms with Crippen molar-refractivity contribution in [3.05, 3.63) is 64.7 Å². The minimum absolute atomic E-state index is 0.187. The van der Waals surface area contributed by atoms with Gasteiger partial charge in [-0.2, -0.15) is 0 Å². The standard InChI is InChI=1S/C17H19ClN2O2/c1-22-15-8-7-14(16(18)11-15)9-10-19-17(21)20-12-13-5-3-2-4-6-13/h2-8,11H,9-10,12H2,1H3,(H2,19,20,21). The molecule has 0 bridgehead atoms. The van der Waals surface area contributed by atoms with Crippen molar-refractivity contribution >= 4 is 17.6 Å². The SMILES string of the molecule is COc1ccc(CCNC(=O)NCc2ccccc2)c(Cl)c1. The van der Waals surface area contributed by atoms with E-state index in [9.17, 15) is 4.79 Å². The monoisotopic (exact) mass is 318 g/mol. The zero-order valence-electron chi connectivity index (χ0n) is 12.4. The second-order valence-corrected chi connectivity index (χ2v) is 5.21. The number of amides is 2. The van der Waals surface area contributed by atoms with E-state index in [2.05, 4.69) is 10.6 Å². The first kappa shape index (κ1) is 16.2. The first-order valence-corrected chi connectivity index (χ1v) is 7.45. The maximum absolute atomic E-state index is 11.7. The van der Waals surface area contributed by atoms with E-state index in [-0.39, 0.29) is 6.03 Å². The van der Waals surface area contributed by atoms with Gasteiger partial charge in [-0.3, -0.25) is 0 Å². The van der Waals surface area contributed by atoms with Crippen molar-refractivity contribution < 1.29 is 9.53 Å². The molecule has 0 saturated carbocycles. The Balaban J connectivity index is 1.73. The minimum Gasteiger partial charge on any atom is -0.497 e. The number of rotatable bonds is 6. The number of benzene rings is 2. The Morgan fingerprint density at radius 2 is 1.91 bits per heavy atom. The molecule has 5 heteroatoms. The third-order valence-electron chi connectivity index (χ3n) is 3.24. The van der Waals surface area contributed by atoms with Gasteiger partial charge < -0.3 is 15.4 Å². The molecule has 2 aromatic rings. The van der Waals surface area contributed by atoms with Crippen molar-refractivity contribution in [3.63, 3.8) is 0 Å². The molecule has 4 nitrogen and oxygen atoms in total. The fourth-order valence-corrected chi connectivity index (χ4v) is 2.27. The van der Waals surface area contributed by atoms with Gasteiger partial charge in [0.15, 0.2) is 0 Å². The van der Waals surface area contributed by atoms with Crippen LogP contribution in [0.4, 0.5) is 4.79 Å². The summed E-state index contributed by atoms with van der Waals surface area (Å²) < 4.78 is 5.10. The van der Waals surface area contributed by atoms with Gasteiger partial charge in [0.05, 0.1) is 7.11 Å². The lowest BCUT2D eigenvalue weighted by Gasteiger charge is -2.09. The van der Waals surface area contributed by atoms with Crippen molar-refractivity contribution in [2.24, 2.45) is 0 Å². The van der Waals surface area contributed by atoms with Crippen LogP contribution in [0.25, 0.3) is 0 Å². The van der Waals surface area contributed by atoms with Crippen LogP contribution >= 0.6 is 11.6 Å². The highest BCUT2D eigenvalue weighted by Crippen LogP contribution is 2.22. The average molecular weight is 319 g/mol. The van der Waals surface area contributed by atoms with Gasteiger partial charge in [0.2, 0.25) is 0 Å². The van der Waals surface area contributed by atoms with Crippen LogP contribution < -0.4 is 15.4 Å². The Kier molecular flexibility index (Phi) is 6.10. The molecule has 0 aliphatic rings. The fraction of sp³-hybridized carbons (Fsp3) is 0.235. The molecule has 2 rings (SSSR count). The van der Waals surface area contributed by atoms with Crippen molar-refractivity contribution in [3.8, 4) is 5.75 Å². The second-order valence-electron chi connectivity index (χ2n) is 4.80. The van der Waals surface area contributed by atoms with Crippen LogP contribution in [-0.4, -0.2) is 19.7 Å². The van der Waals surface area contributed by atoms with E-state index in [0.717, 1.165) is 16.9 Å². The second kappa shape index (κ2) is 8.29. The van der Waals surface area contributed by atoms with E-state index in [4.69, 9.17) is 16.3 Å². The molecule has 0 fully saturated rings. The quantitative estimate of drug-likeness (QED) is 0.857. The summed E-state index contributed by atoms with van der Waals surface area (Å²) in [4.78, 5) is 11.7. The zero-order valence-corrected chi connectivity index (χ0v) is 13.2. The van der Waals surface area contributed by atoms with Crippen LogP contribution in [0.15, 0.2) is 48.5 Å². The lowest BCUT2D eigenvalue weighted by Crippen LogP contribution is -2.36. The molecule has 0 saturated heterocycles. The Labute approximate surface area is 135 Å². The van der Waals surface area contributed by atoms with E-state index >= 15 is 0 Å². The van der Waals surface area contributed by atoms with Gasteiger partial charge in [0, 0.05) is 18.1 Å². The van der Waals surface area contributed by atoms with Crippen LogP contribution in [-0.2, 0) is 13.0 Å². The number of halogens is 1.